The average Bonchev–Trinajstić information content (AvgIpc) is 2.53. The molecule has 1 aliphatic rings. The average molecular weight is 333 g/mol. The molecule has 0 aromatic heterocycles. The fourth-order valence-corrected chi connectivity index (χ4v) is 3.62. The molecule has 0 bridgehead atoms. The van der Waals surface area contributed by atoms with Gasteiger partial charge in [0.1, 0.15) is 6.04 Å². The van der Waals surface area contributed by atoms with Crippen molar-refractivity contribution in [2.24, 2.45) is 0 Å². The summed E-state index contributed by atoms with van der Waals surface area (Å²) in [6.45, 7) is 4.24. The van der Waals surface area contributed by atoms with Crippen molar-refractivity contribution in [3.63, 3.8) is 0 Å². The minimum atomic E-state index is -1.04. The van der Waals surface area contributed by atoms with Crippen LogP contribution in [0.4, 0.5) is 0 Å². The number of aliphatic carboxylic acids is 1. The highest BCUT2D eigenvalue weighted by Gasteiger charge is 2.37. The SMILES string of the molecule is CCCC(O)(CCC)CC(=O)N1Cc2ccccc2CC1C(=O)O. The predicted molar refractivity (Wildman–Crippen MR) is 91.5 cm³/mol. The molecule has 0 spiro atoms. The number of carboxylic acid groups (broad SMARTS) is 1. The van der Waals surface area contributed by atoms with Crippen LogP contribution >= 0.6 is 0 Å². The largest absolute Gasteiger partial charge is 0.480 e. The fourth-order valence-electron chi connectivity index (χ4n) is 3.62. The molecule has 5 nitrogen and oxygen atoms in total. The van der Waals surface area contributed by atoms with Crippen molar-refractivity contribution in [2.75, 3.05) is 0 Å². The highest BCUT2D eigenvalue weighted by Crippen LogP contribution is 2.29. The predicted octanol–water partition coefficient (Wildman–Crippen LogP) is 2.75. The maximum absolute atomic E-state index is 12.8. The molecule has 1 unspecified atom stereocenters. The first-order chi connectivity index (χ1) is 11.4. The van der Waals surface area contributed by atoms with E-state index in [9.17, 15) is 19.8 Å². The first kappa shape index (κ1) is 18.5. The van der Waals surface area contributed by atoms with Crippen LogP contribution in [0.3, 0.4) is 0 Å². The van der Waals surface area contributed by atoms with Crippen LogP contribution in [0.2, 0.25) is 0 Å². The molecule has 2 rings (SSSR count). The van der Waals surface area contributed by atoms with Gasteiger partial charge in [-0.05, 0) is 24.0 Å². The second-order valence-corrected chi connectivity index (χ2v) is 6.75. The number of hydrogen-bond donors (Lipinski definition) is 2. The molecule has 1 aliphatic heterocycles. The lowest BCUT2D eigenvalue weighted by Gasteiger charge is -2.37. The van der Waals surface area contributed by atoms with Crippen molar-refractivity contribution in [1.29, 1.82) is 0 Å². The van der Waals surface area contributed by atoms with Crippen LogP contribution in [0.1, 0.15) is 57.1 Å². The molecule has 0 saturated heterocycles. The number of aliphatic hydroxyl groups is 1. The molecule has 0 radical (unpaired) electrons. The van der Waals surface area contributed by atoms with Gasteiger partial charge in [0.15, 0.2) is 0 Å². The minimum Gasteiger partial charge on any atom is -0.480 e. The number of hydrogen-bond acceptors (Lipinski definition) is 3. The number of carbonyl (C=O) groups is 2. The molecule has 132 valence electrons. The molecule has 1 heterocycles. The van der Waals surface area contributed by atoms with Gasteiger partial charge in [-0.3, -0.25) is 4.79 Å². The third kappa shape index (κ3) is 4.15. The van der Waals surface area contributed by atoms with Gasteiger partial charge < -0.3 is 15.1 Å². The lowest BCUT2D eigenvalue weighted by atomic mass is 9.87. The molecule has 1 aromatic rings. The number of benzene rings is 1. The van der Waals surface area contributed by atoms with Gasteiger partial charge in [-0.1, -0.05) is 51.0 Å². The number of carbonyl (C=O) groups excluding carboxylic acids is 1. The molecule has 0 saturated carbocycles. The van der Waals surface area contributed by atoms with E-state index in [1.807, 2.05) is 38.1 Å². The van der Waals surface area contributed by atoms with Crippen LogP contribution in [0.15, 0.2) is 24.3 Å². The Kier molecular flexibility index (Phi) is 5.99. The first-order valence-electron chi connectivity index (χ1n) is 8.71. The van der Waals surface area contributed by atoms with Gasteiger partial charge in [0, 0.05) is 13.0 Å². The Hall–Kier alpha value is -1.88. The molecule has 1 aromatic carbocycles. The second kappa shape index (κ2) is 7.79. The van der Waals surface area contributed by atoms with Gasteiger partial charge >= 0.3 is 5.97 Å². The monoisotopic (exact) mass is 333 g/mol. The lowest BCUT2D eigenvalue weighted by Crippen LogP contribution is -2.50. The first-order valence-corrected chi connectivity index (χ1v) is 8.71. The normalized spacial score (nSPS) is 17.5. The molecule has 0 fully saturated rings. The highest BCUT2D eigenvalue weighted by molar-refractivity contribution is 5.85. The highest BCUT2D eigenvalue weighted by atomic mass is 16.4. The summed E-state index contributed by atoms with van der Waals surface area (Å²) < 4.78 is 0. The molecule has 24 heavy (non-hydrogen) atoms. The van der Waals surface area contributed by atoms with E-state index in [0.29, 0.717) is 25.8 Å². The van der Waals surface area contributed by atoms with Gasteiger partial charge in [-0.2, -0.15) is 0 Å². The molecular formula is C19H27NO4. The zero-order chi connectivity index (χ0) is 17.7. The summed E-state index contributed by atoms with van der Waals surface area (Å²) in [5.41, 5.74) is 0.921. The fraction of sp³-hybridized carbons (Fsp3) is 0.579. The van der Waals surface area contributed by atoms with Crippen LogP contribution < -0.4 is 0 Å². The van der Waals surface area contributed by atoms with E-state index in [4.69, 9.17) is 0 Å². The quantitative estimate of drug-likeness (QED) is 0.804. The smallest absolute Gasteiger partial charge is 0.326 e. The van der Waals surface area contributed by atoms with Crippen LogP contribution in [0.25, 0.3) is 0 Å². The summed E-state index contributed by atoms with van der Waals surface area (Å²) in [5.74, 6) is -1.27. The van der Waals surface area contributed by atoms with Crippen molar-refractivity contribution in [3.05, 3.63) is 35.4 Å². The van der Waals surface area contributed by atoms with Gasteiger partial charge in [-0.15, -0.1) is 0 Å². The summed E-state index contributed by atoms with van der Waals surface area (Å²) in [5, 5.41) is 20.3. The second-order valence-electron chi connectivity index (χ2n) is 6.75. The summed E-state index contributed by atoms with van der Waals surface area (Å²) in [6, 6.07) is 6.76. The van der Waals surface area contributed by atoms with Gasteiger partial charge in [-0.25, -0.2) is 4.79 Å². The molecule has 1 atom stereocenters. The third-order valence-corrected chi connectivity index (χ3v) is 4.76. The maximum Gasteiger partial charge on any atom is 0.326 e. The Balaban J connectivity index is 2.21. The van der Waals surface area contributed by atoms with Crippen molar-refractivity contribution in [3.8, 4) is 0 Å². The number of fused-ring (bicyclic) bond motifs is 1. The molecule has 1 amide bonds. The van der Waals surface area contributed by atoms with E-state index in [1.165, 1.54) is 4.90 Å². The zero-order valence-electron chi connectivity index (χ0n) is 14.5. The summed E-state index contributed by atoms with van der Waals surface area (Å²) in [7, 11) is 0. The van der Waals surface area contributed by atoms with E-state index < -0.39 is 17.6 Å². The minimum absolute atomic E-state index is 0.0133. The Morgan fingerprint density at radius 2 is 1.75 bits per heavy atom. The lowest BCUT2D eigenvalue weighted by molar-refractivity contribution is -0.154. The number of nitrogens with zero attached hydrogens (tertiary/aromatic N) is 1. The molecular weight excluding hydrogens is 306 g/mol. The van der Waals surface area contributed by atoms with Crippen LogP contribution in [0.5, 0.6) is 0 Å². The summed E-state index contributed by atoms with van der Waals surface area (Å²) in [4.78, 5) is 25.8. The van der Waals surface area contributed by atoms with E-state index in [2.05, 4.69) is 0 Å². The summed E-state index contributed by atoms with van der Waals surface area (Å²) in [6.07, 6.45) is 2.98. The van der Waals surface area contributed by atoms with Crippen molar-refractivity contribution >= 4 is 11.9 Å². The van der Waals surface area contributed by atoms with E-state index >= 15 is 0 Å². The van der Waals surface area contributed by atoms with E-state index in [1.54, 1.807) is 0 Å². The van der Waals surface area contributed by atoms with Crippen molar-refractivity contribution < 1.29 is 19.8 Å². The molecule has 0 aliphatic carbocycles. The third-order valence-electron chi connectivity index (χ3n) is 4.76. The number of amides is 1. The Morgan fingerprint density at radius 1 is 1.17 bits per heavy atom. The van der Waals surface area contributed by atoms with E-state index in [0.717, 1.165) is 24.0 Å². The molecule has 2 N–H and O–H groups in total. The van der Waals surface area contributed by atoms with Crippen LogP contribution in [-0.2, 0) is 22.6 Å². The van der Waals surface area contributed by atoms with Crippen LogP contribution in [-0.4, -0.2) is 38.6 Å². The number of rotatable bonds is 7. The summed E-state index contributed by atoms with van der Waals surface area (Å²) >= 11 is 0. The zero-order valence-corrected chi connectivity index (χ0v) is 14.5. The Morgan fingerprint density at radius 3 is 2.29 bits per heavy atom. The van der Waals surface area contributed by atoms with Gasteiger partial charge in [0.05, 0.1) is 12.0 Å². The van der Waals surface area contributed by atoms with Gasteiger partial charge in [0.25, 0.3) is 0 Å². The standard InChI is InChI=1S/C19H27NO4/c1-3-9-19(24,10-4-2)12-17(21)20-13-15-8-6-5-7-14(15)11-16(20)18(22)23/h5-8,16,24H,3-4,9-13H2,1-2H3,(H,22,23). The van der Waals surface area contributed by atoms with Crippen molar-refractivity contribution in [1.82, 2.24) is 4.90 Å². The van der Waals surface area contributed by atoms with Gasteiger partial charge in [0.2, 0.25) is 5.91 Å². The van der Waals surface area contributed by atoms with Crippen LogP contribution in [0, 0.1) is 0 Å². The Labute approximate surface area is 143 Å². The molecule has 5 heteroatoms. The number of carboxylic acids is 1. The maximum atomic E-state index is 12.8. The van der Waals surface area contributed by atoms with E-state index in [-0.39, 0.29) is 12.3 Å². The van der Waals surface area contributed by atoms with Crippen molar-refractivity contribution in [2.45, 2.75) is 70.6 Å². The topological polar surface area (TPSA) is 77.8 Å². The Bertz CT molecular complexity index is 593.